The number of carboxylic acid groups (broad SMARTS) is 1. The molecule has 0 radical (unpaired) electrons. The predicted molar refractivity (Wildman–Crippen MR) is 262 cm³/mol. The molecule has 0 spiro atoms. The van der Waals surface area contributed by atoms with Crippen LogP contribution in [0.1, 0.15) is 210 Å². The molecule has 8 aliphatic carbocycles. The minimum absolute atomic E-state index is 0.0386. The zero-order valence-electron chi connectivity index (χ0n) is 43.0. The van der Waals surface area contributed by atoms with E-state index in [1.807, 2.05) is 0 Å². The molecule has 8 aliphatic rings. The summed E-state index contributed by atoms with van der Waals surface area (Å²) < 4.78 is 5.69. The van der Waals surface area contributed by atoms with E-state index in [1.54, 1.807) is 5.57 Å². The van der Waals surface area contributed by atoms with Crippen molar-refractivity contribution < 1.29 is 34.8 Å². The van der Waals surface area contributed by atoms with Gasteiger partial charge in [0.2, 0.25) is 0 Å². The van der Waals surface area contributed by atoms with Crippen molar-refractivity contribution >= 4 is 11.9 Å². The third-order valence-corrected chi connectivity index (χ3v) is 21.9. The van der Waals surface area contributed by atoms with Gasteiger partial charge in [0.1, 0.15) is 6.10 Å². The summed E-state index contributed by atoms with van der Waals surface area (Å²) in [7, 11) is 0. The van der Waals surface area contributed by atoms with Crippen molar-refractivity contribution in [2.75, 3.05) is 0 Å². The SMILES string of the molecule is CC(CC[C@H](O)C(C)C)[C@H]1CCC2C3CC=C4C[C@@H](O)CC[C@]4(C)C3CC[C@@]21C.CC(CC[C@H](O)C(C)C)[C@H]1CCC2C3CC=C4C[C@@H](OC(=O)CCC(=O)O)CC[C@]4(C)C3CC[C@@]21C. The minimum Gasteiger partial charge on any atom is -0.481 e. The molecule has 8 rings (SSSR count). The summed E-state index contributed by atoms with van der Waals surface area (Å²) >= 11 is 0. The third kappa shape index (κ3) is 10.2. The first-order valence-corrected chi connectivity index (χ1v) is 27.5. The first kappa shape index (κ1) is 51.2. The number of aliphatic hydroxyl groups excluding tert-OH is 3. The van der Waals surface area contributed by atoms with Crippen LogP contribution in [0.3, 0.4) is 0 Å². The molecule has 6 fully saturated rings. The molecule has 0 aromatic heterocycles. The fourth-order valence-electron chi connectivity index (χ4n) is 17.7. The Labute approximate surface area is 396 Å². The fraction of sp³-hybridized carbons (Fsp3) is 0.897. The zero-order valence-corrected chi connectivity index (χ0v) is 43.0. The Hall–Kier alpha value is -1.70. The highest BCUT2D eigenvalue weighted by Crippen LogP contribution is 2.69. The van der Waals surface area contributed by atoms with Gasteiger partial charge in [-0.05, 0) is 215 Å². The van der Waals surface area contributed by atoms with Gasteiger partial charge in [-0.15, -0.1) is 0 Å². The molecule has 0 aromatic rings. The normalized spacial score (nSPS) is 42.6. The van der Waals surface area contributed by atoms with Crippen molar-refractivity contribution in [2.45, 2.75) is 235 Å². The van der Waals surface area contributed by atoms with Gasteiger partial charge in [-0.3, -0.25) is 9.59 Å². The van der Waals surface area contributed by atoms with E-state index in [4.69, 9.17) is 9.84 Å². The van der Waals surface area contributed by atoms with Gasteiger partial charge in [0.15, 0.2) is 0 Å². The number of hydrogen-bond acceptors (Lipinski definition) is 6. The number of carbonyl (C=O) groups is 2. The Morgan fingerprint density at radius 1 is 0.600 bits per heavy atom. The van der Waals surface area contributed by atoms with Crippen LogP contribution in [0.2, 0.25) is 0 Å². The topological polar surface area (TPSA) is 124 Å². The number of hydrogen-bond donors (Lipinski definition) is 4. The number of esters is 1. The Morgan fingerprint density at radius 2 is 1.06 bits per heavy atom. The number of ether oxygens (including phenoxy) is 1. The fourth-order valence-corrected chi connectivity index (χ4v) is 17.7. The first-order valence-electron chi connectivity index (χ1n) is 27.5. The molecule has 4 N–H and O–H groups in total. The van der Waals surface area contributed by atoms with Crippen molar-refractivity contribution in [3.05, 3.63) is 23.3 Å². The van der Waals surface area contributed by atoms with E-state index in [0.29, 0.717) is 34.0 Å². The van der Waals surface area contributed by atoms with E-state index in [0.717, 1.165) is 111 Å². The van der Waals surface area contributed by atoms with E-state index in [-0.39, 0.29) is 48.6 Å². The Bertz CT molecular complexity index is 1720. The summed E-state index contributed by atoms with van der Waals surface area (Å²) in [5.41, 5.74) is 4.56. The van der Waals surface area contributed by atoms with Crippen LogP contribution in [0.25, 0.3) is 0 Å². The maximum Gasteiger partial charge on any atom is 0.306 e. The van der Waals surface area contributed by atoms with Gasteiger partial charge in [0.25, 0.3) is 0 Å². The van der Waals surface area contributed by atoms with Gasteiger partial charge in [-0.1, -0.05) is 92.5 Å². The van der Waals surface area contributed by atoms with Gasteiger partial charge in [0.05, 0.1) is 31.2 Å². The summed E-state index contributed by atoms with van der Waals surface area (Å²) in [6, 6.07) is 0. The molecule has 0 aromatic carbocycles. The number of rotatable bonds is 14. The Kier molecular flexibility index (Phi) is 16.0. The summed E-state index contributed by atoms with van der Waals surface area (Å²) in [5.74, 6) is 7.22. The van der Waals surface area contributed by atoms with Gasteiger partial charge in [-0.25, -0.2) is 0 Å². The molecule has 6 saturated carbocycles. The molecule has 7 heteroatoms. The van der Waals surface area contributed by atoms with Gasteiger partial charge in [-0.2, -0.15) is 0 Å². The molecule has 7 nitrogen and oxygen atoms in total. The van der Waals surface area contributed by atoms with Crippen LogP contribution in [0.4, 0.5) is 0 Å². The quantitative estimate of drug-likeness (QED) is 0.101. The van der Waals surface area contributed by atoms with Crippen LogP contribution in [0.5, 0.6) is 0 Å². The van der Waals surface area contributed by atoms with Crippen molar-refractivity contribution in [3.63, 3.8) is 0 Å². The van der Waals surface area contributed by atoms with Crippen LogP contribution in [-0.4, -0.2) is 56.8 Å². The van der Waals surface area contributed by atoms with Crippen molar-refractivity contribution in [1.82, 2.24) is 0 Å². The van der Waals surface area contributed by atoms with Gasteiger partial charge in [0, 0.05) is 6.42 Å². The van der Waals surface area contributed by atoms with Crippen LogP contribution in [-0.2, 0) is 14.3 Å². The molecule has 65 heavy (non-hydrogen) atoms. The average molecular weight is 905 g/mol. The maximum absolute atomic E-state index is 12.1. The second kappa shape index (κ2) is 20.3. The van der Waals surface area contributed by atoms with Crippen LogP contribution in [0, 0.1) is 92.7 Å². The second-order valence-corrected chi connectivity index (χ2v) is 25.9. The number of carboxylic acids is 1. The lowest BCUT2D eigenvalue weighted by atomic mass is 9.47. The zero-order chi connectivity index (χ0) is 47.2. The number of carbonyl (C=O) groups excluding carboxylic acids is 1. The highest BCUT2D eigenvalue weighted by atomic mass is 16.5. The van der Waals surface area contributed by atoms with E-state index >= 15 is 0 Å². The summed E-state index contributed by atoms with van der Waals surface area (Å²) in [6.45, 7) is 23.7. The van der Waals surface area contributed by atoms with Crippen LogP contribution >= 0.6 is 0 Å². The Morgan fingerprint density at radius 3 is 1.52 bits per heavy atom. The van der Waals surface area contributed by atoms with E-state index in [9.17, 15) is 24.9 Å². The first-order chi connectivity index (χ1) is 30.6. The van der Waals surface area contributed by atoms with Gasteiger partial charge >= 0.3 is 11.9 Å². The Balaban J connectivity index is 0.000000198. The molecule has 0 bridgehead atoms. The lowest BCUT2D eigenvalue weighted by Gasteiger charge is -2.58. The maximum atomic E-state index is 12.1. The summed E-state index contributed by atoms with van der Waals surface area (Å²) in [5, 5.41) is 39.7. The molecule has 0 saturated heterocycles. The smallest absolute Gasteiger partial charge is 0.306 e. The number of aliphatic hydroxyl groups is 3. The highest BCUT2D eigenvalue weighted by Gasteiger charge is 2.61. The molecule has 0 amide bonds. The number of aliphatic carboxylic acids is 1. The van der Waals surface area contributed by atoms with Crippen LogP contribution in [0.15, 0.2) is 23.3 Å². The summed E-state index contributed by atoms with van der Waals surface area (Å²) in [4.78, 5) is 22.9. The monoisotopic (exact) mass is 905 g/mol. The van der Waals surface area contributed by atoms with Crippen molar-refractivity contribution in [2.24, 2.45) is 92.7 Å². The molecule has 370 valence electrons. The highest BCUT2D eigenvalue weighted by molar-refractivity contribution is 5.76. The van der Waals surface area contributed by atoms with Gasteiger partial charge < -0.3 is 25.2 Å². The lowest BCUT2D eigenvalue weighted by molar-refractivity contribution is -0.154. The second-order valence-electron chi connectivity index (χ2n) is 25.9. The lowest BCUT2D eigenvalue weighted by Crippen LogP contribution is -2.51. The molecular weight excluding hydrogens is 809 g/mol. The molecule has 0 aliphatic heterocycles. The van der Waals surface area contributed by atoms with Crippen molar-refractivity contribution in [1.29, 1.82) is 0 Å². The minimum atomic E-state index is -0.954. The number of allylic oxidation sites excluding steroid dienone is 2. The average Bonchev–Trinajstić information content (AvgIpc) is 3.81. The van der Waals surface area contributed by atoms with Crippen molar-refractivity contribution in [3.8, 4) is 0 Å². The van der Waals surface area contributed by atoms with E-state index in [2.05, 4.69) is 81.4 Å². The molecular formula is C58H96O7. The number of fused-ring (bicyclic) bond motifs is 10. The van der Waals surface area contributed by atoms with E-state index in [1.165, 1.54) is 76.2 Å². The predicted octanol–water partition coefficient (Wildman–Crippen LogP) is 13.1. The standard InChI is InChI=1S/C31H50O5.C27H46O2/c1-19(2)27(32)11-6-20(3)24-9-10-25-23-8-7-21-18-22(36-29(35)13-12-28(33)34)14-16-30(21,4)26(23)15-17-31(24,25)5;1-17(2)25(29)11-6-18(3)22-9-10-23-21-8-7-19-16-20(28)12-14-26(19,4)24(21)13-15-27(22,23)5/h7,19-20,22-27,32H,6,8-18H2,1-5H3,(H,33,34);7,17-18,20-25,28-29H,6,8-16H2,1-5H3/t20?,22-,23?,24+,25?,26?,27-,30-,31+;18?,20-,21?,22+,23?,24?,25-,26-,27+/m00/s1. The summed E-state index contributed by atoms with van der Waals surface area (Å²) in [6.07, 6.45) is 27.8. The third-order valence-electron chi connectivity index (χ3n) is 21.9. The molecule has 8 unspecified atom stereocenters. The largest absolute Gasteiger partial charge is 0.481 e. The molecule has 0 heterocycles. The molecule has 18 atom stereocenters. The van der Waals surface area contributed by atoms with E-state index < -0.39 is 5.97 Å². The van der Waals surface area contributed by atoms with Crippen LogP contribution < -0.4 is 0 Å².